The summed E-state index contributed by atoms with van der Waals surface area (Å²) in [7, 11) is 1.94. The van der Waals surface area contributed by atoms with E-state index >= 15 is 0 Å². The largest absolute Gasteiger partial charge is 0.319 e. The van der Waals surface area contributed by atoms with Crippen LogP contribution >= 0.6 is 0 Å². The molecule has 0 aliphatic rings. The highest BCUT2D eigenvalue weighted by Gasteiger charge is 2.02. The quantitative estimate of drug-likeness (QED) is 0.806. The van der Waals surface area contributed by atoms with Crippen molar-refractivity contribution in [3.8, 4) is 11.8 Å². The van der Waals surface area contributed by atoms with Crippen molar-refractivity contribution in [2.45, 2.75) is 13.3 Å². The van der Waals surface area contributed by atoms with Gasteiger partial charge in [-0.3, -0.25) is 0 Å². The molecule has 2 aromatic heterocycles. The Morgan fingerprint density at radius 2 is 2.41 bits per heavy atom. The summed E-state index contributed by atoms with van der Waals surface area (Å²) in [6, 6.07) is 3.79. The van der Waals surface area contributed by atoms with Crippen LogP contribution in [0.3, 0.4) is 0 Å². The zero-order valence-electron chi connectivity index (χ0n) is 10.1. The van der Waals surface area contributed by atoms with Gasteiger partial charge >= 0.3 is 0 Å². The van der Waals surface area contributed by atoms with E-state index in [0.717, 1.165) is 24.3 Å². The van der Waals surface area contributed by atoms with Crippen LogP contribution in [0.1, 0.15) is 19.0 Å². The monoisotopic (exact) mass is 228 g/mol. The molecular weight excluding hydrogens is 212 g/mol. The van der Waals surface area contributed by atoms with Crippen molar-refractivity contribution in [2.75, 3.05) is 13.6 Å². The van der Waals surface area contributed by atoms with E-state index in [1.54, 1.807) is 16.9 Å². The molecule has 4 nitrogen and oxygen atoms in total. The van der Waals surface area contributed by atoms with Crippen LogP contribution in [-0.4, -0.2) is 28.2 Å². The molecule has 2 aromatic rings. The third kappa shape index (κ3) is 2.63. The second kappa shape index (κ2) is 5.46. The first-order valence-electron chi connectivity index (χ1n) is 5.80. The van der Waals surface area contributed by atoms with E-state index in [0.29, 0.717) is 5.92 Å². The van der Waals surface area contributed by atoms with E-state index in [-0.39, 0.29) is 0 Å². The fourth-order valence-corrected chi connectivity index (χ4v) is 1.63. The van der Waals surface area contributed by atoms with Crippen molar-refractivity contribution in [3.05, 3.63) is 30.2 Å². The lowest BCUT2D eigenvalue weighted by Gasteiger charge is -2.04. The van der Waals surface area contributed by atoms with Crippen molar-refractivity contribution >= 4 is 5.65 Å². The maximum Gasteiger partial charge on any atom is 0.154 e. The summed E-state index contributed by atoms with van der Waals surface area (Å²) in [4.78, 5) is 4.25. The summed E-state index contributed by atoms with van der Waals surface area (Å²) in [6.45, 7) is 3.05. The lowest BCUT2D eigenvalue weighted by atomic mass is 10.1. The fourth-order valence-electron chi connectivity index (χ4n) is 1.63. The van der Waals surface area contributed by atoms with Gasteiger partial charge in [0.25, 0.3) is 0 Å². The summed E-state index contributed by atoms with van der Waals surface area (Å²) in [5.41, 5.74) is 1.67. The second-order valence-corrected chi connectivity index (χ2v) is 3.87. The topological polar surface area (TPSA) is 42.2 Å². The Kier molecular flexibility index (Phi) is 3.73. The molecule has 0 aromatic carbocycles. The van der Waals surface area contributed by atoms with Crippen molar-refractivity contribution in [3.63, 3.8) is 0 Å². The first-order chi connectivity index (χ1) is 8.35. The van der Waals surface area contributed by atoms with Crippen LogP contribution in [0, 0.1) is 17.8 Å². The molecule has 2 rings (SSSR count). The normalized spacial score (nSPS) is 12.1. The van der Waals surface area contributed by atoms with Gasteiger partial charge in [-0.2, -0.15) is 5.10 Å². The number of nitrogens with zero attached hydrogens (tertiary/aromatic N) is 3. The van der Waals surface area contributed by atoms with Gasteiger partial charge in [0.15, 0.2) is 5.65 Å². The van der Waals surface area contributed by atoms with Crippen LogP contribution in [0.5, 0.6) is 0 Å². The molecule has 0 radical (unpaired) electrons. The van der Waals surface area contributed by atoms with Crippen LogP contribution in [0.4, 0.5) is 0 Å². The van der Waals surface area contributed by atoms with Gasteiger partial charge in [0.1, 0.15) is 5.69 Å². The number of imidazole rings is 1. The molecule has 0 aliphatic carbocycles. The highest BCUT2D eigenvalue weighted by molar-refractivity contribution is 5.42. The molecule has 0 saturated carbocycles. The van der Waals surface area contributed by atoms with Gasteiger partial charge in [0.05, 0.1) is 6.20 Å². The van der Waals surface area contributed by atoms with Crippen molar-refractivity contribution < 1.29 is 0 Å². The van der Waals surface area contributed by atoms with E-state index in [4.69, 9.17) is 0 Å². The Hall–Kier alpha value is -1.86. The molecule has 17 heavy (non-hydrogen) atoms. The standard InChI is InChI=1S/C13H16N4/c1-3-11(9-14-2)6-7-12-10-15-13-5-4-8-16-17(12)13/h4-5,8,10-11,14H,3,9H2,1-2H3. The van der Waals surface area contributed by atoms with Crippen LogP contribution in [0.2, 0.25) is 0 Å². The Morgan fingerprint density at radius 3 is 3.18 bits per heavy atom. The summed E-state index contributed by atoms with van der Waals surface area (Å²) in [5, 5.41) is 7.37. The minimum atomic E-state index is 0.370. The molecule has 0 saturated heterocycles. The smallest absolute Gasteiger partial charge is 0.154 e. The molecule has 1 unspecified atom stereocenters. The Bertz CT molecular complexity index is 547. The summed E-state index contributed by atoms with van der Waals surface area (Å²) >= 11 is 0. The molecule has 0 fully saturated rings. The zero-order chi connectivity index (χ0) is 12.1. The molecule has 4 heteroatoms. The van der Waals surface area contributed by atoms with Crippen molar-refractivity contribution in [1.29, 1.82) is 0 Å². The van der Waals surface area contributed by atoms with Gasteiger partial charge in [0.2, 0.25) is 0 Å². The minimum Gasteiger partial charge on any atom is -0.319 e. The first kappa shape index (κ1) is 11.6. The SMILES string of the molecule is CCC(C#Cc1cnc2cccnn12)CNC. The summed E-state index contributed by atoms with van der Waals surface area (Å²) in [6.07, 6.45) is 4.55. The van der Waals surface area contributed by atoms with Gasteiger partial charge < -0.3 is 5.32 Å². The highest BCUT2D eigenvalue weighted by Crippen LogP contribution is 2.03. The predicted molar refractivity (Wildman–Crippen MR) is 67.6 cm³/mol. The lowest BCUT2D eigenvalue weighted by molar-refractivity contribution is 0.598. The van der Waals surface area contributed by atoms with Crippen LogP contribution < -0.4 is 5.32 Å². The van der Waals surface area contributed by atoms with Crippen molar-refractivity contribution in [1.82, 2.24) is 19.9 Å². The Labute approximate surface area is 101 Å². The molecule has 88 valence electrons. The predicted octanol–water partition coefficient (Wildman–Crippen LogP) is 1.33. The van der Waals surface area contributed by atoms with E-state index in [1.807, 2.05) is 19.2 Å². The zero-order valence-corrected chi connectivity index (χ0v) is 10.1. The van der Waals surface area contributed by atoms with E-state index in [1.165, 1.54) is 0 Å². The molecule has 0 aliphatic heterocycles. The molecule has 0 spiro atoms. The molecule has 0 amide bonds. The third-order valence-corrected chi connectivity index (χ3v) is 2.63. The minimum absolute atomic E-state index is 0.370. The van der Waals surface area contributed by atoms with E-state index < -0.39 is 0 Å². The number of aromatic nitrogens is 3. The number of nitrogens with one attached hydrogen (secondary N) is 1. The van der Waals surface area contributed by atoms with Gasteiger partial charge in [-0.25, -0.2) is 9.50 Å². The second-order valence-electron chi connectivity index (χ2n) is 3.87. The maximum atomic E-state index is 4.25. The van der Waals surface area contributed by atoms with Gasteiger partial charge in [-0.1, -0.05) is 12.8 Å². The van der Waals surface area contributed by atoms with Gasteiger partial charge in [-0.15, -0.1) is 0 Å². The number of rotatable bonds is 3. The average Bonchev–Trinajstić information content (AvgIpc) is 2.78. The molecular formula is C13H16N4. The Balaban J connectivity index is 2.26. The first-order valence-corrected chi connectivity index (χ1v) is 5.80. The molecule has 1 N–H and O–H groups in total. The number of hydrogen-bond donors (Lipinski definition) is 1. The van der Waals surface area contributed by atoms with Gasteiger partial charge in [-0.05, 0) is 31.5 Å². The highest BCUT2D eigenvalue weighted by atomic mass is 15.2. The average molecular weight is 228 g/mol. The molecule has 0 bridgehead atoms. The van der Waals surface area contributed by atoms with Crippen LogP contribution in [0.25, 0.3) is 5.65 Å². The van der Waals surface area contributed by atoms with Crippen LogP contribution in [0.15, 0.2) is 24.5 Å². The maximum absolute atomic E-state index is 4.25. The Morgan fingerprint density at radius 1 is 1.53 bits per heavy atom. The molecule has 1 atom stereocenters. The van der Waals surface area contributed by atoms with E-state index in [9.17, 15) is 0 Å². The third-order valence-electron chi connectivity index (χ3n) is 2.63. The van der Waals surface area contributed by atoms with Gasteiger partial charge in [0, 0.05) is 18.7 Å². The summed E-state index contributed by atoms with van der Waals surface area (Å²) < 4.78 is 1.76. The molecule has 2 heterocycles. The lowest BCUT2D eigenvalue weighted by Crippen LogP contribution is -2.16. The fraction of sp³-hybridized carbons (Fsp3) is 0.385. The summed E-state index contributed by atoms with van der Waals surface area (Å²) in [5.74, 6) is 6.77. The van der Waals surface area contributed by atoms with Crippen molar-refractivity contribution in [2.24, 2.45) is 5.92 Å². The number of fused-ring (bicyclic) bond motifs is 1. The number of hydrogen-bond acceptors (Lipinski definition) is 3. The van der Waals surface area contributed by atoms with E-state index in [2.05, 4.69) is 34.2 Å². The van der Waals surface area contributed by atoms with Crippen LogP contribution in [-0.2, 0) is 0 Å².